The van der Waals surface area contributed by atoms with Crippen LogP contribution in [0.2, 0.25) is 0 Å². The van der Waals surface area contributed by atoms with E-state index in [1.807, 2.05) is 26.2 Å². The van der Waals surface area contributed by atoms with Gasteiger partial charge in [-0.1, -0.05) is 0 Å². The Kier molecular flexibility index (Phi) is 5.35. The van der Waals surface area contributed by atoms with Gasteiger partial charge in [0.1, 0.15) is 0 Å². The molecule has 0 bridgehead atoms. The molecule has 0 heterocycles. The first-order valence-corrected chi connectivity index (χ1v) is 5.79. The highest BCUT2D eigenvalue weighted by Gasteiger charge is 2.10. The van der Waals surface area contributed by atoms with E-state index in [4.69, 9.17) is 0 Å². The molecule has 0 aliphatic heterocycles. The molecule has 1 amide bonds. The van der Waals surface area contributed by atoms with E-state index < -0.39 is 0 Å². The summed E-state index contributed by atoms with van der Waals surface area (Å²) in [5.41, 5.74) is 0.713. The molecule has 4 heteroatoms. The van der Waals surface area contributed by atoms with E-state index in [2.05, 4.69) is 17.9 Å². The number of nitrogens with one attached hydrogen (secondary N) is 1. The summed E-state index contributed by atoms with van der Waals surface area (Å²) in [4.78, 5) is 14.5. The van der Waals surface area contributed by atoms with E-state index in [0.29, 0.717) is 5.56 Å². The van der Waals surface area contributed by atoms with Crippen LogP contribution in [0.4, 0.5) is 0 Å². The Hall–Kier alpha value is -1.00. The molecule has 0 radical (unpaired) electrons. The number of nitrogens with zero attached hydrogens (tertiary/aromatic N) is 1. The number of hydrogen-bond donors (Lipinski definition) is 2. The number of amides is 1. The molecule has 0 fully saturated rings. The van der Waals surface area contributed by atoms with E-state index in [1.54, 1.807) is 17.0 Å². The van der Waals surface area contributed by atoms with Crippen LogP contribution in [-0.2, 0) is 0 Å². The average Bonchev–Trinajstić information content (AvgIpc) is 2.29. The van der Waals surface area contributed by atoms with Gasteiger partial charge in [-0.15, -0.1) is 12.6 Å². The maximum Gasteiger partial charge on any atom is 0.253 e. The Morgan fingerprint density at radius 2 is 2.00 bits per heavy atom. The Labute approximate surface area is 102 Å². The molecule has 1 aromatic rings. The third-order valence-electron chi connectivity index (χ3n) is 2.38. The summed E-state index contributed by atoms with van der Waals surface area (Å²) in [5, 5.41) is 3.06. The normalized spacial score (nSPS) is 10.2. The zero-order valence-electron chi connectivity index (χ0n) is 9.73. The largest absolute Gasteiger partial charge is 0.342 e. The van der Waals surface area contributed by atoms with Gasteiger partial charge in [0, 0.05) is 24.1 Å². The van der Waals surface area contributed by atoms with Gasteiger partial charge in [-0.05, 0) is 44.3 Å². The lowest BCUT2D eigenvalue weighted by atomic mass is 10.2. The lowest BCUT2D eigenvalue weighted by Crippen LogP contribution is -2.29. The molecule has 1 rings (SSSR count). The second-order valence-corrected chi connectivity index (χ2v) is 4.25. The van der Waals surface area contributed by atoms with Crippen LogP contribution in [0.5, 0.6) is 0 Å². The van der Waals surface area contributed by atoms with Gasteiger partial charge in [0.05, 0.1) is 0 Å². The first-order chi connectivity index (χ1) is 7.65. The Morgan fingerprint density at radius 3 is 2.56 bits per heavy atom. The van der Waals surface area contributed by atoms with Gasteiger partial charge < -0.3 is 10.2 Å². The zero-order valence-corrected chi connectivity index (χ0v) is 10.6. The zero-order chi connectivity index (χ0) is 12.0. The number of benzene rings is 1. The molecule has 0 saturated heterocycles. The van der Waals surface area contributed by atoms with Gasteiger partial charge >= 0.3 is 0 Å². The van der Waals surface area contributed by atoms with E-state index in [9.17, 15) is 4.79 Å². The minimum Gasteiger partial charge on any atom is -0.342 e. The fourth-order valence-electron chi connectivity index (χ4n) is 1.42. The third kappa shape index (κ3) is 3.87. The van der Waals surface area contributed by atoms with Crippen molar-refractivity contribution in [3.8, 4) is 0 Å². The first-order valence-electron chi connectivity index (χ1n) is 5.34. The average molecular weight is 238 g/mol. The summed E-state index contributed by atoms with van der Waals surface area (Å²) in [5.74, 6) is 0.0597. The summed E-state index contributed by atoms with van der Waals surface area (Å²) >= 11 is 4.19. The SMILES string of the molecule is CNCCCN(C)C(=O)c1ccc(S)cc1. The predicted molar refractivity (Wildman–Crippen MR) is 69.2 cm³/mol. The van der Waals surface area contributed by atoms with Crippen LogP contribution in [0.25, 0.3) is 0 Å². The van der Waals surface area contributed by atoms with Crippen LogP contribution in [0.15, 0.2) is 29.2 Å². The highest BCUT2D eigenvalue weighted by molar-refractivity contribution is 7.80. The van der Waals surface area contributed by atoms with Crippen molar-refractivity contribution in [1.29, 1.82) is 0 Å². The first kappa shape index (κ1) is 13.1. The molecular formula is C12H18N2OS. The Balaban J connectivity index is 2.53. The molecule has 0 spiro atoms. The number of thiol groups is 1. The van der Waals surface area contributed by atoms with Gasteiger partial charge in [0.25, 0.3) is 5.91 Å². The summed E-state index contributed by atoms with van der Waals surface area (Å²) in [7, 11) is 3.74. The monoisotopic (exact) mass is 238 g/mol. The summed E-state index contributed by atoms with van der Waals surface area (Å²) in [6.07, 6.45) is 0.962. The number of carbonyl (C=O) groups is 1. The summed E-state index contributed by atoms with van der Waals surface area (Å²) < 4.78 is 0. The molecule has 0 atom stereocenters. The lowest BCUT2D eigenvalue weighted by Gasteiger charge is -2.17. The van der Waals surface area contributed by atoms with Crippen LogP contribution in [0.1, 0.15) is 16.8 Å². The Bertz CT molecular complexity index is 337. The summed E-state index contributed by atoms with van der Waals surface area (Å²) in [6, 6.07) is 7.27. The quantitative estimate of drug-likeness (QED) is 0.604. The van der Waals surface area contributed by atoms with Crippen molar-refractivity contribution in [2.45, 2.75) is 11.3 Å². The highest BCUT2D eigenvalue weighted by atomic mass is 32.1. The smallest absolute Gasteiger partial charge is 0.253 e. The molecule has 1 N–H and O–H groups in total. The minimum atomic E-state index is 0.0597. The van der Waals surface area contributed by atoms with E-state index in [-0.39, 0.29) is 5.91 Å². The molecule has 1 aromatic carbocycles. The molecule has 0 aliphatic carbocycles. The molecule has 0 unspecified atom stereocenters. The number of rotatable bonds is 5. The van der Waals surface area contributed by atoms with E-state index in [0.717, 1.165) is 24.4 Å². The van der Waals surface area contributed by atoms with Crippen molar-refractivity contribution in [3.63, 3.8) is 0 Å². The predicted octanol–water partition coefficient (Wildman–Crippen LogP) is 1.66. The van der Waals surface area contributed by atoms with Gasteiger partial charge in [0.2, 0.25) is 0 Å². The molecule has 3 nitrogen and oxygen atoms in total. The number of hydrogen-bond acceptors (Lipinski definition) is 3. The van der Waals surface area contributed by atoms with Crippen molar-refractivity contribution in [2.24, 2.45) is 0 Å². The fourth-order valence-corrected chi connectivity index (χ4v) is 1.57. The van der Waals surface area contributed by atoms with Crippen LogP contribution >= 0.6 is 12.6 Å². The maximum atomic E-state index is 11.9. The van der Waals surface area contributed by atoms with Gasteiger partial charge in [-0.2, -0.15) is 0 Å². The van der Waals surface area contributed by atoms with Crippen molar-refractivity contribution < 1.29 is 4.79 Å². The van der Waals surface area contributed by atoms with Crippen molar-refractivity contribution in [1.82, 2.24) is 10.2 Å². The van der Waals surface area contributed by atoms with E-state index in [1.165, 1.54) is 0 Å². The topological polar surface area (TPSA) is 32.3 Å². The highest BCUT2D eigenvalue weighted by Crippen LogP contribution is 2.09. The van der Waals surface area contributed by atoms with Crippen LogP contribution in [0.3, 0.4) is 0 Å². The molecule has 0 aromatic heterocycles. The molecule has 0 saturated carbocycles. The second-order valence-electron chi connectivity index (χ2n) is 3.73. The molecule has 0 aliphatic rings. The number of carbonyl (C=O) groups excluding carboxylic acids is 1. The summed E-state index contributed by atoms with van der Waals surface area (Å²) in [6.45, 7) is 1.69. The second kappa shape index (κ2) is 6.55. The van der Waals surface area contributed by atoms with E-state index >= 15 is 0 Å². The van der Waals surface area contributed by atoms with Gasteiger partial charge in [-0.3, -0.25) is 4.79 Å². The van der Waals surface area contributed by atoms with Crippen LogP contribution in [0, 0.1) is 0 Å². The molecule has 16 heavy (non-hydrogen) atoms. The molecular weight excluding hydrogens is 220 g/mol. The fraction of sp³-hybridized carbons (Fsp3) is 0.417. The van der Waals surface area contributed by atoms with Crippen molar-refractivity contribution in [2.75, 3.05) is 27.2 Å². The lowest BCUT2D eigenvalue weighted by molar-refractivity contribution is 0.0793. The maximum absolute atomic E-state index is 11.9. The molecule has 88 valence electrons. The Morgan fingerprint density at radius 1 is 1.38 bits per heavy atom. The van der Waals surface area contributed by atoms with Crippen LogP contribution in [-0.4, -0.2) is 38.0 Å². The van der Waals surface area contributed by atoms with Gasteiger partial charge in [0.15, 0.2) is 0 Å². The third-order valence-corrected chi connectivity index (χ3v) is 2.68. The van der Waals surface area contributed by atoms with Crippen molar-refractivity contribution >= 4 is 18.5 Å². The standard InChI is InChI=1S/C12H18N2OS/c1-13-8-3-9-14(2)12(15)10-4-6-11(16)7-5-10/h4-7,13,16H,3,8-9H2,1-2H3. The van der Waals surface area contributed by atoms with Crippen molar-refractivity contribution in [3.05, 3.63) is 29.8 Å². The van der Waals surface area contributed by atoms with Crippen LogP contribution < -0.4 is 5.32 Å². The minimum absolute atomic E-state index is 0.0597. The van der Waals surface area contributed by atoms with Gasteiger partial charge in [-0.25, -0.2) is 0 Å².